The molecule has 106 valence electrons. The first-order valence-corrected chi connectivity index (χ1v) is 6.12. The molecule has 1 aromatic carbocycles. The fourth-order valence-electron chi connectivity index (χ4n) is 1.57. The molecule has 0 spiro atoms. The molecule has 1 rings (SSSR count). The van der Waals surface area contributed by atoms with Gasteiger partial charge in [0.25, 0.3) is 0 Å². The standard InChI is InChI=1S/C13H14ClN3O3/c1-13(2,6-11(18)19)17-12(20)16-10-4-3-8(7-15)5-9(10)14/h3-5H,6H2,1-2H3,(H,18,19)(H2,16,17,20). The summed E-state index contributed by atoms with van der Waals surface area (Å²) < 4.78 is 0. The Kier molecular flexibility index (Phi) is 4.94. The van der Waals surface area contributed by atoms with E-state index in [-0.39, 0.29) is 11.4 Å². The first-order chi connectivity index (χ1) is 9.23. The van der Waals surface area contributed by atoms with Crippen molar-refractivity contribution in [3.05, 3.63) is 28.8 Å². The van der Waals surface area contributed by atoms with Crippen molar-refractivity contribution >= 4 is 29.3 Å². The van der Waals surface area contributed by atoms with E-state index in [9.17, 15) is 9.59 Å². The number of carboxylic acid groups (broad SMARTS) is 1. The van der Waals surface area contributed by atoms with Crippen LogP contribution < -0.4 is 10.6 Å². The van der Waals surface area contributed by atoms with Crippen LogP contribution in [0.1, 0.15) is 25.8 Å². The molecule has 20 heavy (non-hydrogen) atoms. The Morgan fingerprint density at radius 2 is 2.10 bits per heavy atom. The van der Waals surface area contributed by atoms with Gasteiger partial charge in [-0.15, -0.1) is 0 Å². The summed E-state index contributed by atoms with van der Waals surface area (Å²) in [5, 5.41) is 22.7. The van der Waals surface area contributed by atoms with Crippen molar-refractivity contribution in [2.24, 2.45) is 0 Å². The second-order valence-electron chi connectivity index (χ2n) is 4.84. The fourth-order valence-corrected chi connectivity index (χ4v) is 1.80. The van der Waals surface area contributed by atoms with Crippen LogP contribution in [-0.2, 0) is 4.79 Å². The Labute approximate surface area is 121 Å². The van der Waals surface area contributed by atoms with Crippen LogP contribution in [0.25, 0.3) is 0 Å². The summed E-state index contributed by atoms with van der Waals surface area (Å²) in [7, 11) is 0. The van der Waals surface area contributed by atoms with Gasteiger partial charge in [0.1, 0.15) is 0 Å². The number of nitriles is 1. The molecule has 0 saturated heterocycles. The first-order valence-electron chi connectivity index (χ1n) is 5.74. The normalized spacial score (nSPS) is 10.5. The Hall–Kier alpha value is -2.26. The maximum Gasteiger partial charge on any atom is 0.319 e. The first kappa shape index (κ1) is 15.8. The van der Waals surface area contributed by atoms with E-state index in [2.05, 4.69) is 10.6 Å². The molecular formula is C13H14ClN3O3. The van der Waals surface area contributed by atoms with Gasteiger partial charge in [0, 0.05) is 5.54 Å². The molecule has 0 radical (unpaired) electrons. The van der Waals surface area contributed by atoms with Gasteiger partial charge >= 0.3 is 12.0 Å². The van der Waals surface area contributed by atoms with E-state index in [1.807, 2.05) is 6.07 Å². The lowest BCUT2D eigenvalue weighted by Gasteiger charge is -2.24. The van der Waals surface area contributed by atoms with Gasteiger partial charge in [0.15, 0.2) is 0 Å². The highest BCUT2D eigenvalue weighted by Gasteiger charge is 2.24. The van der Waals surface area contributed by atoms with Crippen LogP contribution in [0.3, 0.4) is 0 Å². The van der Waals surface area contributed by atoms with Gasteiger partial charge < -0.3 is 15.7 Å². The minimum atomic E-state index is -1.01. The van der Waals surface area contributed by atoms with E-state index in [0.717, 1.165) is 0 Å². The van der Waals surface area contributed by atoms with Gasteiger partial charge in [0.2, 0.25) is 0 Å². The maximum atomic E-state index is 11.8. The molecule has 6 nitrogen and oxygen atoms in total. The molecule has 3 N–H and O–H groups in total. The van der Waals surface area contributed by atoms with Gasteiger partial charge in [0.05, 0.1) is 28.8 Å². The monoisotopic (exact) mass is 295 g/mol. The van der Waals surface area contributed by atoms with Crippen LogP contribution in [0, 0.1) is 11.3 Å². The fraction of sp³-hybridized carbons (Fsp3) is 0.308. The third-order valence-corrected chi connectivity index (χ3v) is 2.70. The summed E-state index contributed by atoms with van der Waals surface area (Å²) in [6, 6.07) is 5.82. The molecule has 0 bridgehead atoms. The minimum Gasteiger partial charge on any atom is -0.481 e. The number of amides is 2. The summed E-state index contributed by atoms with van der Waals surface area (Å²) in [6.07, 6.45) is -0.207. The number of rotatable bonds is 4. The van der Waals surface area contributed by atoms with Crippen molar-refractivity contribution in [2.45, 2.75) is 25.8 Å². The number of nitrogens with one attached hydrogen (secondary N) is 2. The van der Waals surface area contributed by atoms with Crippen molar-refractivity contribution in [1.29, 1.82) is 5.26 Å². The second-order valence-corrected chi connectivity index (χ2v) is 5.25. The molecule has 0 aliphatic carbocycles. The number of nitrogens with zero attached hydrogens (tertiary/aromatic N) is 1. The van der Waals surface area contributed by atoms with E-state index in [1.54, 1.807) is 13.8 Å². The number of benzene rings is 1. The van der Waals surface area contributed by atoms with Crippen LogP contribution >= 0.6 is 11.6 Å². The van der Waals surface area contributed by atoms with Crippen LogP contribution in [0.4, 0.5) is 10.5 Å². The van der Waals surface area contributed by atoms with Gasteiger partial charge in [-0.25, -0.2) is 4.79 Å². The number of hydrogen-bond donors (Lipinski definition) is 3. The number of halogens is 1. The lowest BCUT2D eigenvalue weighted by atomic mass is 10.0. The quantitative estimate of drug-likeness (QED) is 0.794. The van der Waals surface area contributed by atoms with Crippen molar-refractivity contribution in [3.8, 4) is 6.07 Å². The molecule has 0 unspecified atom stereocenters. The predicted octanol–water partition coefficient (Wildman–Crippen LogP) is 2.59. The van der Waals surface area contributed by atoms with Crippen molar-refractivity contribution in [1.82, 2.24) is 5.32 Å². The van der Waals surface area contributed by atoms with E-state index in [4.69, 9.17) is 22.0 Å². The highest BCUT2D eigenvalue weighted by molar-refractivity contribution is 6.33. The van der Waals surface area contributed by atoms with Gasteiger partial charge in [-0.3, -0.25) is 4.79 Å². The number of carbonyl (C=O) groups is 2. The number of aliphatic carboxylic acids is 1. The number of hydrogen-bond acceptors (Lipinski definition) is 3. The molecule has 0 aliphatic heterocycles. The maximum absolute atomic E-state index is 11.8. The average Bonchev–Trinajstić information content (AvgIpc) is 2.29. The van der Waals surface area contributed by atoms with Crippen LogP contribution in [-0.4, -0.2) is 22.6 Å². The summed E-state index contributed by atoms with van der Waals surface area (Å²) >= 11 is 5.92. The SMILES string of the molecule is CC(C)(CC(=O)O)NC(=O)Nc1ccc(C#N)cc1Cl. The second kappa shape index (κ2) is 6.26. The largest absolute Gasteiger partial charge is 0.481 e. The van der Waals surface area contributed by atoms with Crippen molar-refractivity contribution in [3.63, 3.8) is 0 Å². The molecule has 2 amide bonds. The molecule has 1 aromatic rings. The topological polar surface area (TPSA) is 102 Å². The zero-order valence-corrected chi connectivity index (χ0v) is 11.8. The van der Waals surface area contributed by atoms with E-state index in [1.165, 1.54) is 18.2 Å². The number of carboxylic acids is 1. The molecule has 0 aromatic heterocycles. The van der Waals surface area contributed by atoms with Gasteiger partial charge in [-0.1, -0.05) is 11.6 Å². The van der Waals surface area contributed by atoms with Crippen molar-refractivity contribution in [2.75, 3.05) is 5.32 Å². The summed E-state index contributed by atoms with van der Waals surface area (Å²) in [6.45, 7) is 3.20. The Bertz CT molecular complexity index is 579. The molecule has 0 aliphatic rings. The zero-order chi connectivity index (χ0) is 15.3. The number of urea groups is 1. The highest BCUT2D eigenvalue weighted by Crippen LogP contribution is 2.22. The third-order valence-electron chi connectivity index (χ3n) is 2.39. The minimum absolute atomic E-state index is 0.207. The van der Waals surface area contributed by atoms with E-state index < -0.39 is 17.5 Å². The zero-order valence-electron chi connectivity index (χ0n) is 11.0. The van der Waals surface area contributed by atoms with Crippen LogP contribution in [0.5, 0.6) is 0 Å². The predicted molar refractivity (Wildman–Crippen MR) is 74.7 cm³/mol. The molecule has 0 fully saturated rings. The Morgan fingerprint density at radius 3 is 2.60 bits per heavy atom. The number of anilines is 1. The Balaban J connectivity index is 2.72. The van der Waals surface area contributed by atoms with Crippen LogP contribution in [0.2, 0.25) is 5.02 Å². The molecule has 0 atom stereocenters. The number of carbonyl (C=O) groups excluding carboxylic acids is 1. The average molecular weight is 296 g/mol. The Morgan fingerprint density at radius 1 is 1.45 bits per heavy atom. The van der Waals surface area contributed by atoms with E-state index >= 15 is 0 Å². The summed E-state index contributed by atoms with van der Waals surface area (Å²) in [5.74, 6) is -1.01. The molecule has 0 heterocycles. The van der Waals surface area contributed by atoms with Crippen LogP contribution in [0.15, 0.2) is 18.2 Å². The lowest BCUT2D eigenvalue weighted by molar-refractivity contribution is -0.138. The van der Waals surface area contributed by atoms with Crippen molar-refractivity contribution < 1.29 is 14.7 Å². The lowest BCUT2D eigenvalue weighted by Crippen LogP contribution is -2.46. The highest BCUT2D eigenvalue weighted by atomic mass is 35.5. The third kappa shape index (κ3) is 4.78. The van der Waals surface area contributed by atoms with Gasteiger partial charge in [-0.05, 0) is 32.0 Å². The summed E-state index contributed by atoms with van der Waals surface area (Å²) in [4.78, 5) is 22.4. The van der Waals surface area contributed by atoms with Gasteiger partial charge in [-0.2, -0.15) is 5.26 Å². The molecule has 7 heteroatoms. The smallest absolute Gasteiger partial charge is 0.319 e. The molecule has 0 saturated carbocycles. The summed E-state index contributed by atoms with van der Waals surface area (Å²) in [5.41, 5.74) is -0.170. The molecular weight excluding hydrogens is 282 g/mol. The van der Waals surface area contributed by atoms with E-state index in [0.29, 0.717) is 11.3 Å².